The number of hydrogen-bond donors (Lipinski definition) is 0. The summed E-state index contributed by atoms with van der Waals surface area (Å²) in [6.45, 7) is 2.29. The van der Waals surface area contributed by atoms with E-state index in [2.05, 4.69) is 31.2 Å². The van der Waals surface area contributed by atoms with Gasteiger partial charge < -0.3 is 0 Å². The van der Waals surface area contributed by atoms with Crippen LogP contribution in [0.2, 0.25) is 0 Å². The molecule has 1 aromatic rings. The van der Waals surface area contributed by atoms with Crippen LogP contribution in [0.15, 0.2) is 24.3 Å². The molecule has 0 aliphatic carbocycles. The van der Waals surface area contributed by atoms with Gasteiger partial charge in [-0.05, 0) is 43.2 Å². The molecule has 0 unspecified atom stereocenters. The maximum atomic E-state index is 10.4. The Balaban J connectivity index is 2.52. The van der Waals surface area contributed by atoms with Gasteiger partial charge in [-0.15, -0.1) is 0 Å². The van der Waals surface area contributed by atoms with E-state index >= 15 is 0 Å². The van der Waals surface area contributed by atoms with Crippen LogP contribution in [0, 0.1) is 0 Å². The van der Waals surface area contributed by atoms with Crippen molar-refractivity contribution in [3.05, 3.63) is 35.4 Å². The van der Waals surface area contributed by atoms with Gasteiger partial charge in [-0.3, -0.25) is 0 Å². The van der Waals surface area contributed by atoms with Crippen molar-refractivity contribution < 1.29 is 5.11 Å². The maximum absolute atomic E-state index is 10.4. The lowest BCUT2D eigenvalue weighted by molar-refractivity contribution is 0.187. The minimum absolute atomic E-state index is 0.0666. The summed E-state index contributed by atoms with van der Waals surface area (Å²) < 4.78 is 0. The second-order valence-electron chi connectivity index (χ2n) is 4.03. The lowest BCUT2D eigenvalue weighted by Gasteiger charge is -2.08. The van der Waals surface area contributed by atoms with E-state index in [-0.39, 0.29) is 6.61 Å². The smallest absolute Gasteiger partial charge is 0.0822 e. The van der Waals surface area contributed by atoms with E-state index in [0.717, 1.165) is 19.3 Å². The van der Waals surface area contributed by atoms with Crippen molar-refractivity contribution in [2.45, 2.75) is 45.4 Å². The molecule has 15 heavy (non-hydrogen) atoms. The molecule has 1 rings (SSSR count). The average molecular weight is 205 g/mol. The summed E-state index contributed by atoms with van der Waals surface area (Å²) in [5, 5.41) is 10.4. The molecule has 0 aliphatic heterocycles. The van der Waals surface area contributed by atoms with Gasteiger partial charge in [0.1, 0.15) is 0 Å². The van der Waals surface area contributed by atoms with Crippen LogP contribution >= 0.6 is 0 Å². The van der Waals surface area contributed by atoms with Crippen LogP contribution in [0.4, 0.5) is 0 Å². The Bertz CT molecular complexity index is 268. The largest absolute Gasteiger partial charge is 0.237 e. The zero-order valence-corrected chi connectivity index (χ0v) is 9.67. The number of rotatable bonds is 7. The molecule has 0 fully saturated rings. The van der Waals surface area contributed by atoms with Gasteiger partial charge in [-0.2, -0.15) is 0 Å². The maximum Gasteiger partial charge on any atom is 0.0822 e. The molecule has 0 aromatic heterocycles. The van der Waals surface area contributed by atoms with Gasteiger partial charge in [0.05, 0.1) is 6.61 Å². The van der Waals surface area contributed by atoms with Crippen LogP contribution in [-0.2, 0) is 17.9 Å². The first kappa shape index (κ1) is 12.3. The Morgan fingerprint density at radius 2 is 1.53 bits per heavy atom. The topological polar surface area (TPSA) is 19.9 Å². The van der Waals surface area contributed by atoms with Crippen LogP contribution in [0.1, 0.15) is 43.7 Å². The summed E-state index contributed by atoms with van der Waals surface area (Å²) in [4.78, 5) is 0. The fraction of sp³-hybridized carbons (Fsp3) is 0.571. The highest BCUT2D eigenvalue weighted by Crippen LogP contribution is 2.14. The molecule has 0 saturated heterocycles. The van der Waals surface area contributed by atoms with Crippen LogP contribution in [0.25, 0.3) is 0 Å². The Hall–Kier alpha value is -0.820. The molecule has 83 valence electrons. The Morgan fingerprint density at radius 1 is 0.933 bits per heavy atom. The number of benzene rings is 1. The molecular formula is C14H21O. The monoisotopic (exact) mass is 205 g/mol. The van der Waals surface area contributed by atoms with Crippen LogP contribution < -0.4 is 0 Å². The van der Waals surface area contributed by atoms with E-state index in [9.17, 15) is 5.11 Å². The van der Waals surface area contributed by atoms with Gasteiger partial charge in [0.15, 0.2) is 0 Å². The van der Waals surface area contributed by atoms with Gasteiger partial charge in [0, 0.05) is 0 Å². The normalized spacial score (nSPS) is 10.5. The van der Waals surface area contributed by atoms with Crippen LogP contribution in [0.5, 0.6) is 0 Å². The fourth-order valence-corrected chi connectivity index (χ4v) is 1.83. The van der Waals surface area contributed by atoms with Crippen molar-refractivity contribution in [3.8, 4) is 0 Å². The zero-order valence-electron chi connectivity index (χ0n) is 9.67. The summed E-state index contributed by atoms with van der Waals surface area (Å²) in [6, 6.07) is 8.64. The first-order valence-electron chi connectivity index (χ1n) is 6.03. The quantitative estimate of drug-likeness (QED) is 0.604. The van der Waals surface area contributed by atoms with Gasteiger partial charge in [0.25, 0.3) is 0 Å². The van der Waals surface area contributed by atoms with E-state index in [1.165, 1.54) is 30.4 Å². The molecule has 1 radical (unpaired) electrons. The van der Waals surface area contributed by atoms with E-state index in [0.29, 0.717) is 0 Å². The van der Waals surface area contributed by atoms with Crippen molar-refractivity contribution in [1.29, 1.82) is 0 Å². The minimum atomic E-state index is 0.0666. The van der Waals surface area contributed by atoms with Crippen molar-refractivity contribution >= 4 is 0 Å². The third-order valence-corrected chi connectivity index (χ3v) is 2.76. The summed E-state index contributed by atoms with van der Waals surface area (Å²) >= 11 is 0. The number of unbranched alkanes of at least 4 members (excludes halogenated alkanes) is 2. The molecule has 0 amide bonds. The first-order chi connectivity index (χ1) is 7.38. The van der Waals surface area contributed by atoms with Crippen LogP contribution in [0.3, 0.4) is 0 Å². The third kappa shape index (κ3) is 4.48. The van der Waals surface area contributed by atoms with Gasteiger partial charge >= 0.3 is 0 Å². The molecular weight excluding hydrogens is 184 g/mol. The van der Waals surface area contributed by atoms with Gasteiger partial charge in [-0.1, -0.05) is 37.6 Å². The molecule has 1 heteroatoms. The highest BCUT2D eigenvalue weighted by Gasteiger charge is 2.00. The van der Waals surface area contributed by atoms with Gasteiger partial charge in [-0.25, -0.2) is 5.11 Å². The highest BCUT2D eigenvalue weighted by atomic mass is 16.2. The molecule has 0 saturated carbocycles. The van der Waals surface area contributed by atoms with Crippen molar-refractivity contribution in [3.63, 3.8) is 0 Å². The Morgan fingerprint density at radius 3 is 2.07 bits per heavy atom. The Kier molecular flexibility index (Phi) is 6.10. The zero-order chi connectivity index (χ0) is 10.9. The first-order valence-corrected chi connectivity index (χ1v) is 6.03. The SMILES string of the molecule is CCCCc1ccccc1CCCC[O]. The lowest BCUT2D eigenvalue weighted by Crippen LogP contribution is -1.95. The number of aryl methyl sites for hydroxylation is 2. The van der Waals surface area contributed by atoms with Crippen LogP contribution in [-0.4, -0.2) is 6.61 Å². The summed E-state index contributed by atoms with van der Waals surface area (Å²) in [5.41, 5.74) is 2.92. The van der Waals surface area contributed by atoms with Gasteiger partial charge in [0.2, 0.25) is 0 Å². The second kappa shape index (κ2) is 7.47. The molecule has 0 N–H and O–H groups in total. The summed E-state index contributed by atoms with van der Waals surface area (Å²) in [5.74, 6) is 0. The summed E-state index contributed by atoms with van der Waals surface area (Å²) in [6.07, 6.45) is 6.61. The molecule has 0 heterocycles. The van der Waals surface area contributed by atoms with E-state index in [1.807, 2.05) is 0 Å². The molecule has 0 aliphatic rings. The third-order valence-electron chi connectivity index (χ3n) is 2.76. The summed E-state index contributed by atoms with van der Waals surface area (Å²) in [7, 11) is 0. The molecule has 1 aromatic carbocycles. The molecule has 1 nitrogen and oxygen atoms in total. The average Bonchev–Trinajstić information content (AvgIpc) is 2.28. The van der Waals surface area contributed by atoms with Crippen molar-refractivity contribution in [2.75, 3.05) is 6.61 Å². The van der Waals surface area contributed by atoms with E-state index in [4.69, 9.17) is 0 Å². The predicted molar refractivity (Wildman–Crippen MR) is 63.5 cm³/mol. The van der Waals surface area contributed by atoms with Crippen molar-refractivity contribution in [1.82, 2.24) is 0 Å². The minimum Gasteiger partial charge on any atom is -0.237 e. The lowest BCUT2D eigenvalue weighted by atomic mass is 9.98. The highest BCUT2D eigenvalue weighted by molar-refractivity contribution is 5.27. The second-order valence-corrected chi connectivity index (χ2v) is 4.03. The molecule has 0 atom stereocenters. The molecule has 0 bridgehead atoms. The standard InChI is InChI=1S/C14H21O/c1-2-3-8-13-9-4-5-10-14(13)11-6-7-12-15/h4-5,9-10H,2-3,6-8,11-12H2,1H3. The predicted octanol–water partition coefficient (Wildman–Crippen LogP) is 3.78. The van der Waals surface area contributed by atoms with E-state index in [1.54, 1.807) is 0 Å². The van der Waals surface area contributed by atoms with E-state index < -0.39 is 0 Å². The fourth-order valence-electron chi connectivity index (χ4n) is 1.83. The number of hydrogen-bond acceptors (Lipinski definition) is 0. The molecule has 0 spiro atoms. The van der Waals surface area contributed by atoms with Crippen molar-refractivity contribution in [2.24, 2.45) is 0 Å². The Labute approximate surface area is 93.1 Å².